The van der Waals surface area contributed by atoms with Gasteiger partial charge in [-0.1, -0.05) is 35.3 Å². The van der Waals surface area contributed by atoms with Crippen LogP contribution in [0.5, 0.6) is 0 Å². The second-order valence-electron chi connectivity index (χ2n) is 4.12. The fourth-order valence-corrected chi connectivity index (χ4v) is 2.48. The number of nitrogens with two attached hydrogens (primary N) is 1. The van der Waals surface area contributed by atoms with Crippen LogP contribution in [-0.4, -0.2) is 18.3 Å². The number of benzene rings is 1. The molecule has 0 radical (unpaired) electrons. The van der Waals surface area contributed by atoms with Crippen molar-refractivity contribution < 1.29 is 5.11 Å². The maximum absolute atomic E-state index is 9.29. The van der Waals surface area contributed by atoms with Crippen molar-refractivity contribution in [3.05, 3.63) is 33.8 Å². The Labute approximate surface area is 99.0 Å². The van der Waals surface area contributed by atoms with Gasteiger partial charge >= 0.3 is 0 Å². The first-order valence-electron chi connectivity index (χ1n) is 4.89. The van der Waals surface area contributed by atoms with Crippen molar-refractivity contribution in [2.24, 2.45) is 11.1 Å². The number of hydrogen-bond acceptors (Lipinski definition) is 2. The van der Waals surface area contributed by atoms with E-state index in [1.54, 1.807) is 6.07 Å². The minimum atomic E-state index is -0.172. The first-order chi connectivity index (χ1) is 7.14. The molecular formula is C11H13Cl2NO. The molecule has 0 bridgehead atoms. The highest BCUT2D eigenvalue weighted by Gasteiger charge is 2.54. The molecule has 0 aromatic heterocycles. The average Bonchev–Trinajstić information content (AvgIpc) is 2.97. The number of aliphatic hydroxyl groups excluding tert-OH is 1. The Kier molecular flexibility index (Phi) is 2.95. The highest BCUT2D eigenvalue weighted by molar-refractivity contribution is 6.42. The molecule has 0 aliphatic heterocycles. The largest absolute Gasteiger partial charge is 0.396 e. The van der Waals surface area contributed by atoms with Crippen molar-refractivity contribution in [1.82, 2.24) is 0 Å². The van der Waals surface area contributed by atoms with Crippen LogP contribution in [0.2, 0.25) is 10.0 Å². The van der Waals surface area contributed by atoms with Gasteiger partial charge in [0.15, 0.2) is 0 Å². The van der Waals surface area contributed by atoms with E-state index in [4.69, 9.17) is 28.9 Å². The molecule has 1 aliphatic rings. The van der Waals surface area contributed by atoms with E-state index in [1.165, 1.54) is 0 Å². The molecule has 1 aromatic rings. The molecule has 2 nitrogen and oxygen atoms in total. The van der Waals surface area contributed by atoms with Crippen LogP contribution in [0.25, 0.3) is 0 Å². The molecule has 1 saturated carbocycles. The van der Waals surface area contributed by atoms with Crippen LogP contribution in [-0.2, 0) is 0 Å². The third-order valence-corrected chi connectivity index (χ3v) is 4.10. The molecule has 3 N–H and O–H groups in total. The van der Waals surface area contributed by atoms with E-state index in [-0.39, 0.29) is 17.9 Å². The number of hydrogen-bond donors (Lipinski definition) is 2. The summed E-state index contributed by atoms with van der Waals surface area (Å²) in [5, 5.41) is 10.4. The molecule has 0 saturated heterocycles. The van der Waals surface area contributed by atoms with Gasteiger partial charge in [0.2, 0.25) is 0 Å². The quantitative estimate of drug-likeness (QED) is 0.860. The van der Waals surface area contributed by atoms with Gasteiger partial charge in [-0.05, 0) is 24.0 Å². The van der Waals surface area contributed by atoms with Gasteiger partial charge in [-0.25, -0.2) is 0 Å². The van der Waals surface area contributed by atoms with Crippen molar-refractivity contribution in [3.8, 4) is 0 Å². The summed E-state index contributed by atoms with van der Waals surface area (Å²) in [4.78, 5) is 0. The summed E-state index contributed by atoms with van der Waals surface area (Å²) < 4.78 is 0. The minimum Gasteiger partial charge on any atom is -0.396 e. The van der Waals surface area contributed by atoms with Crippen molar-refractivity contribution in [2.75, 3.05) is 13.2 Å². The minimum absolute atomic E-state index is 0.108. The van der Waals surface area contributed by atoms with Crippen molar-refractivity contribution >= 4 is 23.2 Å². The molecular weight excluding hydrogens is 233 g/mol. The second kappa shape index (κ2) is 3.95. The SMILES string of the molecule is NCC1(CO)CC1c1cccc(Cl)c1Cl. The van der Waals surface area contributed by atoms with E-state index in [0.29, 0.717) is 16.6 Å². The third-order valence-electron chi connectivity index (χ3n) is 3.27. The summed E-state index contributed by atoms with van der Waals surface area (Å²) in [6.07, 6.45) is 0.889. The van der Waals surface area contributed by atoms with Gasteiger partial charge in [0.1, 0.15) is 0 Å². The standard InChI is InChI=1S/C11H13Cl2NO/c12-9-3-1-2-7(10(9)13)8-4-11(8,5-14)6-15/h1-3,8,15H,4-6,14H2. The van der Waals surface area contributed by atoms with Crippen LogP contribution in [0.4, 0.5) is 0 Å². The summed E-state index contributed by atoms with van der Waals surface area (Å²) in [6.45, 7) is 0.591. The van der Waals surface area contributed by atoms with Crippen molar-refractivity contribution in [3.63, 3.8) is 0 Å². The summed E-state index contributed by atoms with van der Waals surface area (Å²) in [6, 6.07) is 5.59. The molecule has 15 heavy (non-hydrogen) atoms. The van der Waals surface area contributed by atoms with E-state index < -0.39 is 0 Å². The smallest absolute Gasteiger partial charge is 0.0627 e. The molecule has 2 rings (SSSR count). The Bertz CT molecular complexity index is 377. The molecule has 1 fully saturated rings. The number of halogens is 2. The zero-order valence-electron chi connectivity index (χ0n) is 8.21. The van der Waals surface area contributed by atoms with E-state index in [1.807, 2.05) is 12.1 Å². The van der Waals surface area contributed by atoms with Gasteiger partial charge < -0.3 is 10.8 Å². The van der Waals surface area contributed by atoms with E-state index in [0.717, 1.165) is 12.0 Å². The third kappa shape index (κ3) is 1.76. The van der Waals surface area contributed by atoms with Gasteiger partial charge in [-0.3, -0.25) is 0 Å². The molecule has 1 aliphatic carbocycles. The fraction of sp³-hybridized carbons (Fsp3) is 0.455. The van der Waals surface area contributed by atoms with Gasteiger partial charge in [0.05, 0.1) is 16.7 Å². The van der Waals surface area contributed by atoms with Crippen molar-refractivity contribution in [1.29, 1.82) is 0 Å². The van der Waals surface area contributed by atoms with Crippen LogP contribution < -0.4 is 5.73 Å². The van der Waals surface area contributed by atoms with Crippen LogP contribution in [0.15, 0.2) is 18.2 Å². The van der Waals surface area contributed by atoms with E-state index in [9.17, 15) is 5.11 Å². The number of rotatable bonds is 3. The maximum Gasteiger partial charge on any atom is 0.0627 e. The molecule has 0 amide bonds. The van der Waals surface area contributed by atoms with Crippen LogP contribution in [0, 0.1) is 5.41 Å². The van der Waals surface area contributed by atoms with E-state index >= 15 is 0 Å². The van der Waals surface area contributed by atoms with Gasteiger partial charge in [-0.2, -0.15) is 0 Å². The predicted molar refractivity (Wildman–Crippen MR) is 62.4 cm³/mol. The average molecular weight is 246 g/mol. The Hall–Kier alpha value is -0.280. The highest BCUT2D eigenvalue weighted by Crippen LogP contribution is 2.59. The Morgan fingerprint density at radius 2 is 2.20 bits per heavy atom. The molecule has 0 heterocycles. The molecule has 0 spiro atoms. The second-order valence-corrected chi connectivity index (χ2v) is 4.91. The Balaban J connectivity index is 2.30. The monoisotopic (exact) mass is 245 g/mol. The van der Waals surface area contributed by atoms with Crippen molar-refractivity contribution in [2.45, 2.75) is 12.3 Å². The Morgan fingerprint density at radius 1 is 1.47 bits per heavy atom. The zero-order chi connectivity index (χ0) is 11.1. The predicted octanol–water partition coefficient (Wildman–Crippen LogP) is 2.42. The Morgan fingerprint density at radius 3 is 2.73 bits per heavy atom. The first kappa shape index (κ1) is 11.2. The van der Waals surface area contributed by atoms with Crippen LogP contribution in [0.3, 0.4) is 0 Å². The summed E-state index contributed by atoms with van der Waals surface area (Å²) in [5.41, 5.74) is 6.49. The molecule has 2 atom stereocenters. The fourth-order valence-electron chi connectivity index (χ4n) is 2.04. The first-order valence-corrected chi connectivity index (χ1v) is 5.65. The van der Waals surface area contributed by atoms with Gasteiger partial charge in [0, 0.05) is 12.0 Å². The maximum atomic E-state index is 9.29. The lowest BCUT2D eigenvalue weighted by atomic mass is 10.00. The molecule has 82 valence electrons. The number of aliphatic hydroxyl groups is 1. The van der Waals surface area contributed by atoms with E-state index in [2.05, 4.69) is 0 Å². The normalized spacial score (nSPS) is 29.2. The summed E-state index contributed by atoms with van der Waals surface area (Å²) in [5.74, 6) is 0.249. The molecule has 2 unspecified atom stereocenters. The summed E-state index contributed by atoms with van der Waals surface area (Å²) >= 11 is 12.1. The molecule has 4 heteroatoms. The molecule has 1 aromatic carbocycles. The highest BCUT2D eigenvalue weighted by atomic mass is 35.5. The topological polar surface area (TPSA) is 46.2 Å². The van der Waals surface area contributed by atoms with Crippen LogP contribution >= 0.6 is 23.2 Å². The lowest BCUT2D eigenvalue weighted by Gasteiger charge is -2.12. The van der Waals surface area contributed by atoms with Gasteiger partial charge in [0.25, 0.3) is 0 Å². The summed E-state index contributed by atoms with van der Waals surface area (Å²) in [7, 11) is 0. The zero-order valence-corrected chi connectivity index (χ0v) is 9.72. The lowest BCUT2D eigenvalue weighted by molar-refractivity contribution is 0.211. The van der Waals surface area contributed by atoms with Gasteiger partial charge in [-0.15, -0.1) is 0 Å². The van der Waals surface area contributed by atoms with Crippen LogP contribution in [0.1, 0.15) is 17.9 Å². The lowest BCUT2D eigenvalue weighted by Crippen LogP contribution is -2.21.